The van der Waals surface area contributed by atoms with Crippen LogP contribution >= 0.6 is 11.6 Å². The predicted molar refractivity (Wildman–Crippen MR) is 54.9 cm³/mol. The van der Waals surface area contributed by atoms with Gasteiger partial charge in [-0.05, 0) is 43.2 Å². The van der Waals surface area contributed by atoms with Crippen molar-refractivity contribution in [1.82, 2.24) is 4.98 Å². The molecule has 1 fully saturated rings. The van der Waals surface area contributed by atoms with E-state index in [1.165, 1.54) is 24.8 Å². The molecule has 13 heavy (non-hydrogen) atoms. The van der Waals surface area contributed by atoms with Gasteiger partial charge >= 0.3 is 0 Å². The molecule has 2 unspecified atom stereocenters. The highest BCUT2D eigenvalue weighted by atomic mass is 35.5. The first kappa shape index (κ1) is 9.01. The quantitative estimate of drug-likeness (QED) is 0.662. The highest BCUT2D eigenvalue weighted by molar-refractivity contribution is 6.20. The second-order valence-corrected chi connectivity index (χ2v) is 4.46. The van der Waals surface area contributed by atoms with E-state index in [0.717, 1.165) is 12.3 Å². The van der Waals surface area contributed by atoms with Gasteiger partial charge in [0.1, 0.15) is 0 Å². The molecular weight excluding hydrogens is 182 g/mol. The molecule has 0 N–H and O–H groups in total. The molecule has 1 saturated carbocycles. The zero-order chi connectivity index (χ0) is 9.10. The fraction of sp³-hybridized carbons (Fsp3) is 0.545. The summed E-state index contributed by atoms with van der Waals surface area (Å²) in [6.07, 6.45) is 8.58. The summed E-state index contributed by atoms with van der Waals surface area (Å²) < 4.78 is 0. The molecule has 2 atom stereocenters. The number of rotatable bonds is 2. The van der Waals surface area contributed by atoms with Gasteiger partial charge in [-0.25, -0.2) is 0 Å². The van der Waals surface area contributed by atoms with Crippen molar-refractivity contribution >= 4 is 11.6 Å². The first-order valence-electron chi connectivity index (χ1n) is 4.87. The fourth-order valence-corrected chi connectivity index (χ4v) is 2.43. The monoisotopic (exact) mass is 195 g/mol. The van der Waals surface area contributed by atoms with E-state index in [4.69, 9.17) is 11.6 Å². The molecule has 70 valence electrons. The van der Waals surface area contributed by atoms with Gasteiger partial charge in [-0.3, -0.25) is 4.98 Å². The van der Waals surface area contributed by atoms with Crippen molar-refractivity contribution in [2.45, 2.75) is 31.1 Å². The van der Waals surface area contributed by atoms with Gasteiger partial charge in [0.25, 0.3) is 0 Å². The van der Waals surface area contributed by atoms with Gasteiger partial charge < -0.3 is 0 Å². The molecule has 1 aliphatic carbocycles. The average Bonchev–Trinajstić information content (AvgIpc) is 2.53. The predicted octanol–water partition coefficient (Wildman–Crippen LogP) is 3.03. The van der Waals surface area contributed by atoms with Gasteiger partial charge in [-0.1, -0.05) is 6.07 Å². The normalized spacial score (nSPS) is 27.8. The lowest BCUT2D eigenvalue weighted by Gasteiger charge is -2.07. The van der Waals surface area contributed by atoms with Gasteiger partial charge in [0.05, 0.1) is 0 Å². The molecule has 2 rings (SSSR count). The molecule has 0 aromatic carbocycles. The first-order chi connectivity index (χ1) is 6.34. The molecule has 1 aliphatic rings. The lowest BCUT2D eigenvalue weighted by molar-refractivity contribution is 0.546. The van der Waals surface area contributed by atoms with Crippen molar-refractivity contribution in [3.8, 4) is 0 Å². The van der Waals surface area contributed by atoms with E-state index >= 15 is 0 Å². The minimum atomic E-state index is 0.418. The Morgan fingerprint density at radius 3 is 3.00 bits per heavy atom. The summed E-state index contributed by atoms with van der Waals surface area (Å²) >= 11 is 6.06. The summed E-state index contributed by atoms with van der Waals surface area (Å²) in [4.78, 5) is 4.11. The SMILES string of the molecule is ClC1CCC(Cc2cccnc2)C1. The van der Waals surface area contributed by atoms with E-state index in [1.54, 1.807) is 0 Å². The van der Waals surface area contributed by atoms with Crippen molar-refractivity contribution in [3.05, 3.63) is 30.1 Å². The van der Waals surface area contributed by atoms with Crippen molar-refractivity contribution in [3.63, 3.8) is 0 Å². The van der Waals surface area contributed by atoms with Crippen LogP contribution in [0.1, 0.15) is 24.8 Å². The molecular formula is C11H14ClN. The van der Waals surface area contributed by atoms with Crippen LogP contribution in [0.5, 0.6) is 0 Å². The number of pyridine rings is 1. The molecule has 1 aromatic heterocycles. The van der Waals surface area contributed by atoms with E-state index in [0.29, 0.717) is 5.38 Å². The Bertz CT molecular complexity index is 260. The lowest BCUT2D eigenvalue weighted by Crippen LogP contribution is -2.00. The van der Waals surface area contributed by atoms with Crippen LogP contribution in [-0.4, -0.2) is 10.4 Å². The fourth-order valence-electron chi connectivity index (χ4n) is 2.05. The molecule has 1 heterocycles. The molecule has 0 spiro atoms. The van der Waals surface area contributed by atoms with E-state index < -0.39 is 0 Å². The van der Waals surface area contributed by atoms with Crippen molar-refractivity contribution < 1.29 is 0 Å². The van der Waals surface area contributed by atoms with Gasteiger partial charge in [0.15, 0.2) is 0 Å². The van der Waals surface area contributed by atoms with Crippen LogP contribution in [0.3, 0.4) is 0 Å². The van der Waals surface area contributed by atoms with Gasteiger partial charge in [0, 0.05) is 17.8 Å². The molecule has 1 aromatic rings. The Hall–Kier alpha value is -0.560. The van der Waals surface area contributed by atoms with Gasteiger partial charge in [-0.15, -0.1) is 11.6 Å². The maximum atomic E-state index is 6.06. The summed E-state index contributed by atoms with van der Waals surface area (Å²) in [5.41, 5.74) is 1.35. The minimum absolute atomic E-state index is 0.418. The van der Waals surface area contributed by atoms with E-state index in [-0.39, 0.29) is 0 Å². The Morgan fingerprint density at radius 1 is 1.46 bits per heavy atom. The maximum Gasteiger partial charge on any atom is 0.0338 e. The van der Waals surface area contributed by atoms with Crippen LogP contribution in [0.4, 0.5) is 0 Å². The Labute approximate surface area is 84.1 Å². The molecule has 0 aliphatic heterocycles. The Morgan fingerprint density at radius 2 is 2.38 bits per heavy atom. The molecule has 0 saturated heterocycles. The van der Waals surface area contributed by atoms with Gasteiger partial charge in [0.2, 0.25) is 0 Å². The van der Waals surface area contributed by atoms with E-state index in [2.05, 4.69) is 11.1 Å². The minimum Gasteiger partial charge on any atom is -0.264 e. The molecule has 1 nitrogen and oxygen atoms in total. The van der Waals surface area contributed by atoms with Gasteiger partial charge in [-0.2, -0.15) is 0 Å². The standard InChI is InChI=1S/C11H14ClN/c12-11-4-3-9(7-11)6-10-2-1-5-13-8-10/h1-2,5,8-9,11H,3-4,6-7H2. The molecule has 0 bridgehead atoms. The van der Waals surface area contributed by atoms with Crippen LogP contribution in [0, 0.1) is 5.92 Å². The Kier molecular flexibility index (Phi) is 2.84. The number of hydrogen-bond acceptors (Lipinski definition) is 1. The summed E-state index contributed by atoms with van der Waals surface area (Å²) in [5.74, 6) is 0.784. The van der Waals surface area contributed by atoms with E-state index in [9.17, 15) is 0 Å². The second kappa shape index (κ2) is 4.10. The smallest absolute Gasteiger partial charge is 0.0338 e. The van der Waals surface area contributed by atoms with Crippen molar-refractivity contribution in [2.75, 3.05) is 0 Å². The van der Waals surface area contributed by atoms with Crippen molar-refractivity contribution in [2.24, 2.45) is 5.92 Å². The van der Waals surface area contributed by atoms with Crippen LogP contribution < -0.4 is 0 Å². The molecule has 2 heteroatoms. The highest BCUT2D eigenvalue weighted by Crippen LogP contribution is 2.31. The topological polar surface area (TPSA) is 12.9 Å². The summed E-state index contributed by atoms with van der Waals surface area (Å²) in [5, 5.41) is 0.418. The highest BCUT2D eigenvalue weighted by Gasteiger charge is 2.22. The second-order valence-electron chi connectivity index (χ2n) is 3.84. The number of halogens is 1. The summed E-state index contributed by atoms with van der Waals surface area (Å²) in [6.45, 7) is 0. The summed E-state index contributed by atoms with van der Waals surface area (Å²) in [6, 6.07) is 4.15. The number of hydrogen-bond donors (Lipinski definition) is 0. The van der Waals surface area contributed by atoms with Crippen molar-refractivity contribution in [1.29, 1.82) is 0 Å². The Balaban J connectivity index is 1.92. The number of alkyl halides is 1. The number of aromatic nitrogens is 1. The maximum absolute atomic E-state index is 6.06. The molecule has 0 amide bonds. The van der Waals surface area contributed by atoms with Crippen LogP contribution in [0.2, 0.25) is 0 Å². The van der Waals surface area contributed by atoms with Crippen LogP contribution in [-0.2, 0) is 6.42 Å². The lowest BCUT2D eigenvalue weighted by atomic mass is 9.99. The number of nitrogens with zero attached hydrogens (tertiary/aromatic N) is 1. The largest absolute Gasteiger partial charge is 0.264 e. The third-order valence-corrected chi connectivity index (χ3v) is 3.12. The van der Waals surface area contributed by atoms with E-state index in [1.807, 2.05) is 18.5 Å². The molecule has 0 radical (unpaired) electrons. The van der Waals surface area contributed by atoms with Crippen LogP contribution in [0.25, 0.3) is 0 Å². The third-order valence-electron chi connectivity index (χ3n) is 2.72. The summed E-state index contributed by atoms with van der Waals surface area (Å²) in [7, 11) is 0. The third kappa shape index (κ3) is 2.44. The zero-order valence-electron chi connectivity index (χ0n) is 7.62. The van der Waals surface area contributed by atoms with Crippen LogP contribution in [0.15, 0.2) is 24.5 Å². The first-order valence-corrected chi connectivity index (χ1v) is 5.31. The average molecular weight is 196 g/mol. The zero-order valence-corrected chi connectivity index (χ0v) is 8.37.